The Morgan fingerprint density at radius 3 is 2.33 bits per heavy atom. The number of nitrogens with zero attached hydrogens (tertiary/aromatic N) is 4. The lowest BCUT2D eigenvalue weighted by Gasteiger charge is -2.44. The fraction of sp³-hybridized carbons (Fsp3) is 0.316. The highest BCUT2D eigenvalue weighted by atomic mass is 35.5. The molecular weight excluding hydrogens is 711 g/mol. The van der Waals surface area contributed by atoms with Crippen LogP contribution in [0.5, 0.6) is 17.2 Å². The molecule has 14 heteroatoms. The smallest absolute Gasteiger partial charge is 0.414 e. The van der Waals surface area contributed by atoms with Crippen LogP contribution in [0.25, 0.3) is 0 Å². The number of piperidine rings is 3. The molecule has 12 nitrogen and oxygen atoms in total. The number of hydrogen-bond donors (Lipinski definition) is 1. The van der Waals surface area contributed by atoms with Crippen molar-refractivity contribution >= 4 is 41.0 Å². The Kier molecular flexibility index (Phi) is 11.2. The number of ether oxygens (including phenoxy) is 4. The van der Waals surface area contributed by atoms with Crippen molar-refractivity contribution in [2.24, 2.45) is 5.92 Å². The number of anilines is 1. The molecule has 1 aromatic heterocycles. The number of pyridine rings is 1. The molecule has 3 aromatic carbocycles. The van der Waals surface area contributed by atoms with E-state index < -0.39 is 18.2 Å². The number of carbonyl (C=O) groups is 2. The molecule has 3 aliphatic rings. The molecular formula is C38H36Cl2N4O8. The molecule has 0 radical (unpaired) electrons. The quantitative estimate of drug-likeness (QED) is 0.101. The van der Waals surface area contributed by atoms with Gasteiger partial charge >= 0.3 is 12.1 Å². The van der Waals surface area contributed by atoms with Crippen LogP contribution in [0.1, 0.15) is 51.6 Å². The van der Waals surface area contributed by atoms with Gasteiger partial charge in [-0.1, -0.05) is 41.4 Å². The minimum Gasteiger partial charge on any atom is -0.619 e. The molecule has 4 heterocycles. The van der Waals surface area contributed by atoms with Gasteiger partial charge in [-0.05, 0) is 79.4 Å². The highest BCUT2D eigenvalue weighted by Gasteiger charge is 2.37. The summed E-state index contributed by atoms with van der Waals surface area (Å²) in [6.45, 7) is 2.66. The van der Waals surface area contributed by atoms with Gasteiger partial charge in [0.25, 0.3) is 0 Å². The molecule has 3 fully saturated rings. The summed E-state index contributed by atoms with van der Waals surface area (Å²) in [5.74, 6) is 0.352. The molecule has 4 aromatic rings. The zero-order chi connectivity index (χ0) is 36.9. The first kappa shape index (κ1) is 36.6. The van der Waals surface area contributed by atoms with Gasteiger partial charge in [-0.15, -0.1) is 0 Å². The predicted molar refractivity (Wildman–Crippen MR) is 192 cm³/mol. The topological polar surface area (TPSA) is 148 Å². The molecule has 52 heavy (non-hydrogen) atoms. The number of phenolic OH excluding ortho intramolecular Hbond substituents is 1. The van der Waals surface area contributed by atoms with Gasteiger partial charge in [-0.2, -0.15) is 9.99 Å². The van der Waals surface area contributed by atoms with Crippen molar-refractivity contribution in [3.05, 3.63) is 116 Å². The summed E-state index contributed by atoms with van der Waals surface area (Å²) in [6, 6.07) is 17.9. The van der Waals surface area contributed by atoms with Crippen molar-refractivity contribution in [1.29, 1.82) is 5.26 Å². The summed E-state index contributed by atoms with van der Waals surface area (Å²) in [4.78, 5) is 31.0. The lowest BCUT2D eigenvalue weighted by molar-refractivity contribution is -0.605. The van der Waals surface area contributed by atoms with Gasteiger partial charge in [-0.3, -0.25) is 9.80 Å². The van der Waals surface area contributed by atoms with Gasteiger partial charge in [0.1, 0.15) is 28.0 Å². The lowest BCUT2D eigenvalue weighted by atomic mass is 9.86. The molecule has 1 N–H and O–H groups in total. The monoisotopic (exact) mass is 746 g/mol. The molecule has 7 rings (SSSR count). The van der Waals surface area contributed by atoms with Crippen LogP contribution in [-0.2, 0) is 22.4 Å². The molecule has 1 unspecified atom stereocenters. The molecule has 0 spiro atoms. The number of hydrogen-bond acceptors (Lipinski definition) is 10. The van der Waals surface area contributed by atoms with Crippen LogP contribution in [0.2, 0.25) is 10.0 Å². The van der Waals surface area contributed by atoms with Gasteiger partial charge in [-0.25, -0.2) is 9.59 Å². The number of aromatic hydroxyl groups is 1. The average molecular weight is 748 g/mol. The zero-order valence-corrected chi connectivity index (χ0v) is 30.0. The third-order valence-corrected chi connectivity index (χ3v) is 10.1. The second kappa shape index (κ2) is 16.0. The van der Waals surface area contributed by atoms with Crippen molar-refractivity contribution in [3.63, 3.8) is 0 Å². The Morgan fingerprint density at radius 2 is 1.71 bits per heavy atom. The van der Waals surface area contributed by atoms with Crippen molar-refractivity contribution < 1.29 is 38.4 Å². The SMILES string of the molecule is COc1ccc(C(Cc2c(Cl)c[n+]([O-])cc2Cl)OC(=O)c2ccc(CN(C(=O)O[C@H]3CN4CCC3CC4)c3cc(O)cc(C#N)c3)cc2)cc1OC. The number of phenols is 1. The fourth-order valence-corrected chi connectivity index (χ4v) is 7.23. The highest BCUT2D eigenvalue weighted by Crippen LogP contribution is 2.36. The Bertz CT molecular complexity index is 1970. The lowest BCUT2D eigenvalue weighted by Crippen LogP contribution is -2.53. The van der Waals surface area contributed by atoms with Crippen LogP contribution in [0, 0.1) is 22.5 Å². The molecule has 1 amide bonds. The van der Waals surface area contributed by atoms with E-state index in [1.165, 1.54) is 49.7 Å². The highest BCUT2D eigenvalue weighted by molar-refractivity contribution is 6.35. The molecule has 3 aliphatic heterocycles. The maximum Gasteiger partial charge on any atom is 0.414 e. The normalized spacial score (nSPS) is 18.2. The van der Waals surface area contributed by atoms with E-state index in [1.54, 1.807) is 42.5 Å². The standard InChI is InChI=1S/C38H36Cl2N4O8/c1-49-33-8-7-27(15-35(33)50-2)34(17-30-31(39)20-43(48)21-32(30)40)51-37(46)26-5-3-23(4-6-26)19-44(28-13-24(18-41)14-29(45)16-28)38(47)52-36-22-42-11-9-25(36)10-12-42/h3-8,13-16,20-21,25,34,36,45H,9-12,17,19,22H2,1-2H3/t34?,36-/m0/s1. The summed E-state index contributed by atoms with van der Waals surface area (Å²) >= 11 is 12.8. The van der Waals surface area contributed by atoms with E-state index in [0.717, 1.165) is 25.9 Å². The fourth-order valence-electron chi connectivity index (χ4n) is 6.63. The molecule has 0 aliphatic carbocycles. The van der Waals surface area contributed by atoms with E-state index in [-0.39, 0.29) is 51.9 Å². The Balaban J connectivity index is 1.24. The molecule has 3 saturated heterocycles. The van der Waals surface area contributed by atoms with Gasteiger partial charge in [0, 0.05) is 24.6 Å². The van der Waals surface area contributed by atoms with Gasteiger partial charge in [0.2, 0.25) is 0 Å². The van der Waals surface area contributed by atoms with Crippen LogP contribution in [0.3, 0.4) is 0 Å². The number of esters is 1. The third kappa shape index (κ3) is 8.29. The van der Waals surface area contributed by atoms with E-state index in [0.29, 0.717) is 45.2 Å². The Hall–Kier alpha value is -5.22. The second-order valence-corrected chi connectivity index (χ2v) is 13.5. The molecule has 2 atom stereocenters. The maximum atomic E-state index is 13.7. The van der Waals surface area contributed by atoms with E-state index in [2.05, 4.69) is 4.90 Å². The Labute approximate surface area is 310 Å². The minimum absolute atomic E-state index is 0.0303. The molecule has 270 valence electrons. The van der Waals surface area contributed by atoms with Crippen molar-refractivity contribution in [2.75, 3.05) is 38.8 Å². The number of carbonyl (C=O) groups excluding carboxylic acids is 2. The van der Waals surface area contributed by atoms with Crippen molar-refractivity contribution in [3.8, 4) is 23.3 Å². The minimum atomic E-state index is -0.902. The van der Waals surface area contributed by atoms with E-state index in [1.807, 2.05) is 6.07 Å². The number of rotatable bonds is 11. The largest absolute Gasteiger partial charge is 0.619 e. The van der Waals surface area contributed by atoms with E-state index >= 15 is 0 Å². The zero-order valence-electron chi connectivity index (χ0n) is 28.5. The second-order valence-electron chi connectivity index (χ2n) is 12.7. The summed E-state index contributed by atoms with van der Waals surface area (Å²) in [5.41, 5.74) is 2.33. The van der Waals surface area contributed by atoms with Crippen LogP contribution in [-0.4, -0.2) is 62.0 Å². The number of aromatic nitrogens is 1. The van der Waals surface area contributed by atoms with Crippen LogP contribution in [0.15, 0.2) is 73.1 Å². The summed E-state index contributed by atoms with van der Waals surface area (Å²) in [5, 5.41) is 32.0. The summed E-state index contributed by atoms with van der Waals surface area (Å²) in [7, 11) is 3.00. The summed E-state index contributed by atoms with van der Waals surface area (Å²) < 4.78 is 23.4. The van der Waals surface area contributed by atoms with Gasteiger partial charge in [0.05, 0.1) is 43.6 Å². The van der Waals surface area contributed by atoms with Gasteiger partial charge in [0.15, 0.2) is 23.9 Å². The number of benzene rings is 3. The van der Waals surface area contributed by atoms with Gasteiger partial charge < -0.3 is 29.3 Å². The first-order valence-corrected chi connectivity index (χ1v) is 17.3. The average Bonchev–Trinajstić information content (AvgIpc) is 3.14. The maximum absolute atomic E-state index is 13.7. The van der Waals surface area contributed by atoms with Crippen LogP contribution in [0.4, 0.5) is 10.5 Å². The van der Waals surface area contributed by atoms with Crippen molar-refractivity contribution in [2.45, 2.75) is 38.0 Å². The number of methoxy groups -OCH3 is 2. The third-order valence-electron chi connectivity index (χ3n) is 9.42. The molecule has 0 saturated carbocycles. The Morgan fingerprint density at radius 1 is 1.02 bits per heavy atom. The first-order valence-electron chi connectivity index (χ1n) is 16.6. The molecule has 2 bridgehead atoms. The van der Waals surface area contributed by atoms with E-state index in [9.17, 15) is 25.2 Å². The number of nitriles is 1. The number of fused-ring (bicyclic) bond motifs is 3. The summed E-state index contributed by atoms with van der Waals surface area (Å²) in [6.07, 6.45) is 2.53. The van der Waals surface area contributed by atoms with Crippen LogP contribution >= 0.6 is 23.2 Å². The first-order chi connectivity index (χ1) is 25.0. The van der Waals surface area contributed by atoms with Crippen LogP contribution < -0.4 is 19.1 Å². The van der Waals surface area contributed by atoms with E-state index in [4.69, 9.17) is 42.1 Å². The van der Waals surface area contributed by atoms with Crippen molar-refractivity contribution in [1.82, 2.24) is 4.90 Å². The predicted octanol–water partition coefficient (Wildman–Crippen LogP) is 6.60. The number of amides is 1. The number of halogens is 2.